The molecule has 0 atom stereocenters. The van der Waals surface area contributed by atoms with Gasteiger partial charge < -0.3 is 8.80 Å². The minimum Gasteiger partial charge on any atom is -0.304 e. The van der Waals surface area contributed by atoms with Gasteiger partial charge in [0.2, 0.25) is 0 Å². The van der Waals surface area contributed by atoms with Crippen molar-refractivity contribution in [2.24, 2.45) is 0 Å². The zero-order valence-electron chi connectivity index (χ0n) is 44.4. The zero-order valence-corrected chi connectivity index (χ0v) is 44.4. The second-order valence-corrected chi connectivity index (χ2v) is 23.0. The molecule has 0 spiro atoms. The Morgan fingerprint density at radius 2 is 0.797 bits per heavy atom. The number of pyridine rings is 4. The van der Waals surface area contributed by atoms with Gasteiger partial charge in [-0.3, -0.25) is 0 Å². The van der Waals surface area contributed by atoms with Crippen LogP contribution in [0.15, 0.2) is 123 Å². The third-order valence-electron chi connectivity index (χ3n) is 12.1. The third-order valence-corrected chi connectivity index (χ3v) is 12.1. The van der Waals surface area contributed by atoms with E-state index >= 15 is 0 Å². The van der Waals surface area contributed by atoms with E-state index in [0.29, 0.717) is 0 Å². The van der Waals surface area contributed by atoms with Crippen LogP contribution in [0.2, 0.25) is 0 Å². The molecule has 0 N–H and O–H groups in total. The fraction of sp³-hybridized carbons (Fsp3) is 0.404. The zero-order chi connectivity index (χ0) is 50.7. The molecule has 9 aromatic heterocycles. The average Bonchev–Trinajstić information content (AvgIpc) is 4.10. The highest BCUT2D eigenvalue weighted by molar-refractivity contribution is 5.81. The summed E-state index contributed by atoms with van der Waals surface area (Å²) in [6.45, 7) is 39.3. The van der Waals surface area contributed by atoms with E-state index in [0.717, 1.165) is 39.2 Å². The molecule has 0 bridgehead atoms. The van der Waals surface area contributed by atoms with E-state index in [-0.39, 0.29) is 27.1 Å². The van der Waals surface area contributed by atoms with Gasteiger partial charge in [-0.05, 0) is 118 Å². The average molecular weight is 927 g/mol. The van der Waals surface area contributed by atoms with Crippen molar-refractivity contribution < 1.29 is 0 Å². The molecule has 10 rings (SSSR count). The maximum Gasteiger partial charge on any atom is 0.155 e. The van der Waals surface area contributed by atoms with E-state index in [2.05, 4.69) is 240 Å². The van der Waals surface area contributed by atoms with E-state index < -0.39 is 0 Å². The van der Waals surface area contributed by atoms with Crippen LogP contribution < -0.4 is 0 Å². The molecule has 0 saturated heterocycles. The maximum atomic E-state index is 4.30. The van der Waals surface area contributed by atoms with Gasteiger partial charge in [-0.1, -0.05) is 128 Å². The van der Waals surface area contributed by atoms with Crippen LogP contribution in [0.5, 0.6) is 0 Å². The van der Waals surface area contributed by atoms with Crippen molar-refractivity contribution in [1.29, 1.82) is 0 Å². The smallest absolute Gasteiger partial charge is 0.155 e. The Hall–Kier alpha value is -6.82. The van der Waals surface area contributed by atoms with Crippen LogP contribution in [0.1, 0.15) is 149 Å². The van der Waals surface area contributed by atoms with Gasteiger partial charge in [0.25, 0.3) is 0 Å². The first kappa shape index (κ1) is 51.6. The second kappa shape index (κ2) is 20.0. The number of hydrogen-bond acceptors (Lipinski definition) is 8. The minimum absolute atomic E-state index is 0.167. The summed E-state index contributed by atoms with van der Waals surface area (Å²) in [6, 6.07) is 23.1. The van der Waals surface area contributed by atoms with Crippen LogP contribution in [-0.2, 0) is 27.1 Å². The molecule has 10 aromatic rings. The molecule has 0 saturated carbocycles. The largest absolute Gasteiger partial charge is 0.304 e. The summed E-state index contributed by atoms with van der Waals surface area (Å²) < 4.78 is 7.86. The standard InChI is InChI=1S/C13H16N2.2C12H16N2.2C10H13N3/c1-9-11-7-10(13(2,3)4)5-6-12(11)15-8-14-9;2*1-9-7-13-11-6-5-10(8-14(9)11)12(2,3)4;1-10(2,3)8-4-5-13-9(6-8)11-7-12-13;1-10(2,3)8-4-5-9-11-7-12-13(9)6-8/h5-8H,1-4H3;2*5-8H,1-4H3;2*4-7H,1-3H3. The van der Waals surface area contributed by atoms with Crippen LogP contribution in [0.4, 0.5) is 0 Å². The predicted octanol–water partition coefficient (Wildman–Crippen LogP) is 13.2. The number of rotatable bonds is 0. The number of aryl methyl sites for hydroxylation is 3. The summed E-state index contributed by atoms with van der Waals surface area (Å²) >= 11 is 0. The van der Waals surface area contributed by atoms with Gasteiger partial charge in [-0.15, -0.1) is 0 Å². The molecule has 12 heteroatoms. The van der Waals surface area contributed by atoms with E-state index in [9.17, 15) is 0 Å². The van der Waals surface area contributed by atoms with Gasteiger partial charge >= 0.3 is 0 Å². The first-order valence-electron chi connectivity index (χ1n) is 23.8. The molecule has 69 heavy (non-hydrogen) atoms. The van der Waals surface area contributed by atoms with E-state index in [1.807, 2.05) is 37.8 Å². The van der Waals surface area contributed by atoms with Gasteiger partial charge in [0.1, 0.15) is 30.3 Å². The summed E-state index contributed by atoms with van der Waals surface area (Å²) in [4.78, 5) is 25.3. The fourth-order valence-corrected chi connectivity index (χ4v) is 7.29. The Kier molecular flexibility index (Phi) is 15.0. The molecule has 362 valence electrons. The monoisotopic (exact) mass is 927 g/mol. The van der Waals surface area contributed by atoms with Crippen molar-refractivity contribution in [2.45, 2.75) is 152 Å². The lowest BCUT2D eigenvalue weighted by molar-refractivity contribution is 0.584. The van der Waals surface area contributed by atoms with Crippen molar-refractivity contribution >= 4 is 33.5 Å². The Labute approximate surface area is 409 Å². The van der Waals surface area contributed by atoms with Crippen molar-refractivity contribution in [3.05, 3.63) is 168 Å². The first-order valence-corrected chi connectivity index (χ1v) is 23.8. The number of hydrogen-bond donors (Lipinski definition) is 0. The lowest BCUT2D eigenvalue weighted by atomic mass is 9.86. The normalized spacial score (nSPS) is 12.2. The molecular formula is C57H74N12. The van der Waals surface area contributed by atoms with Gasteiger partial charge in [0.05, 0.1) is 5.52 Å². The fourth-order valence-electron chi connectivity index (χ4n) is 7.29. The lowest BCUT2D eigenvalue weighted by Gasteiger charge is -2.19. The van der Waals surface area contributed by atoms with Crippen molar-refractivity contribution in [2.75, 3.05) is 0 Å². The molecule has 0 aliphatic carbocycles. The molecular weight excluding hydrogens is 853 g/mol. The highest BCUT2D eigenvalue weighted by atomic mass is 15.3. The minimum atomic E-state index is 0.167. The number of aromatic nitrogens is 12. The van der Waals surface area contributed by atoms with Crippen LogP contribution in [-0.4, -0.2) is 57.9 Å². The summed E-state index contributed by atoms with van der Waals surface area (Å²) in [5, 5.41) is 9.30. The molecule has 0 radical (unpaired) electrons. The maximum absolute atomic E-state index is 4.30. The highest BCUT2D eigenvalue weighted by Gasteiger charge is 2.18. The summed E-state index contributed by atoms with van der Waals surface area (Å²) in [5.41, 5.74) is 15.8. The van der Waals surface area contributed by atoms with Gasteiger partial charge in [0.15, 0.2) is 11.3 Å². The number of imidazole rings is 2. The van der Waals surface area contributed by atoms with Crippen molar-refractivity contribution in [1.82, 2.24) is 57.9 Å². The number of nitrogens with zero attached hydrogens (tertiary/aromatic N) is 12. The Morgan fingerprint density at radius 3 is 1.30 bits per heavy atom. The number of benzene rings is 1. The predicted molar refractivity (Wildman–Crippen MR) is 284 cm³/mol. The van der Waals surface area contributed by atoms with Crippen molar-refractivity contribution in [3.63, 3.8) is 0 Å². The molecule has 0 unspecified atom stereocenters. The molecule has 0 aliphatic rings. The second-order valence-electron chi connectivity index (χ2n) is 23.0. The Balaban J connectivity index is 0.000000142. The van der Waals surface area contributed by atoms with Gasteiger partial charge in [-0.2, -0.15) is 10.2 Å². The molecule has 9 heterocycles. The molecule has 0 amide bonds. The lowest BCUT2D eigenvalue weighted by Crippen LogP contribution is -2.12. The van der Waals surface area contributed by atoms with Gasteiger partial charge in [-0.25, -0.2) is 38.9 Å². The molecule has 0 aliphatic heterocycles. The van der Waals surface area contributed by atoms with Crippen molar-refractivity contribution in [3.8, 4) is 0 Å². The molecule has 0 fully saturated rings. The van der Waals surface area contributed by atoms with Crippen LogP contribution in [0.3, 0.4) is 0 Å². The summed E-state index contributed by atoms with van der Waals surface area (Å²) in [5.74, 6) is 0. The Morgan fingerprint density at radius 1 is 0.362 bits per heavy atom. The van der Waals surface area contributed by atoms with E-state index in [1.54, 1.807) is 28.0 Å². The first-order chi connectivity index (χ1) is 32.1. The third kappa shape index (κ3) is 13.0. The van der Waals surface area contributed by atoms with Gasteiger partial charge in [0, 0.05) is 59.6 Å². The van der Waals surface area contributed by atoms with Crippen LogP contribution >= 0.6 is 0 Å². The SMILES string of the molecule is CC(C)(C)c1ccc2ncnn2c1.CC(C)(C)c1ccn2ncnc2c1.Cc1cnc2ccc(C(C)(C)C)cn12.Cc1cnc2ccc(C(C)(C)C)cn12.Cc1ncnc2ccc(C(C)(C)C)cc12. The van der Waals surface area contributed by atoms with Crippen LogP contribution in [0.25, 0.3) is 33.5 Å². The summed E-state index contributed by atoms with van der Waals surface area (Å²) in [7, 11) is 0. The van der Waals surface area contributed by atoms with E-state index in [4.69, 9.17) is 0 Å². The quantitative estimate of drug-likeness (QED) is 0.147. The summed E-state index contributed by atoms with van der Waals surface area (Å²) in [6.07, 6.45) is 16.9. The molecule has 12 nitrogen and oxygen atoms in total. The topological polar surface area (TPSA) is 121 Å². The molecule has 1 aromatic carbocycles. The van der Waals surface area contributed by atoms with Crippen LogP contribution in [0, 0.1) is 20.8 Å². The highest BCUT2D eigenvalue weighted by Crippen LogP contribution is 2.27. The van der Waals surface area contributed by atoms with E-state index in [1.165, 1.54) is 39.2 Å². The Bertz CT molecular complexity index is 3120. The number of fused-ring (bicyclic) bond motifs is 5.